The van der Waals surface area contributed by atoms with E-state index in [1.54, 1.807) is 0 Å². The maximum Gasteiger partial charge on any atom is 0.472 e. The number of phosphoric acid groups is 2. The molecule has 17 nitrogen and oxygen atoms in total. The number of aliphatic hydroxyl groups excluding tert-OH is 1. The third kappa shape index (κ3) is 64.1. The van der Waals surface area contributed by atoms with Crippen molar-refractivity contribution < 1.29 is 80.2 Å². The van der Waals surface area contributed by atoms with Gasteiger partial charge in [0.15, 0.2) is 12.2 Å². The Morgan fingerprint density at radius 1 is 0.315 bits per heavy atom. The Hall–Kier alpha value is -2.46. The molecule has 0 fully saturated rings. The zero-order chi connectivity index (χ0) is 65.4. The molecule has 0 aliphatic rings. The summed E-state index contributed by atoms with van der Waals surface area (Å²) in [5.41, 5.74) is 0. The van der Waals surface area contributed by atoms with Crippen LogP contribution in [0.1, 0.15) is 342 Å². The zero-order valence-corrected chi connectivity index (χ0v) is 58.7. The fourth-order valence-corrected chi connectivity index (χ4v) is 11.7. The Balaban J connectivity index is 5.10. The summed E-state index contributed by atoms with van der Waals surface area (Å²) in [6.45, 7) is 4.73. The molecular formula is C70H132O17P2. The van der Waals surface area contributed by atoms with Gasteiger partial charge in [-0.25, -0.2) is 9.13 Å². The maximum atomic E-state index is 13.0. The molecule has 0 saturated carbocycles. The second-order valence-electron chi connectivity index (χ2n) is 24.6. The van der Waals surface area contributed by atoms with Crippen molar-refractivity contribution in [2.45, 2.75) is 361 Å². The van der Waals surface area contributed by atoms with Gasteiger partial charge in [-0.3, -0.25) is 37.3 Å². The lowest BCUT2D eigenvalue weighted by atomic mass is 10.0. The van der Waals surface area contributed by atoms with Crippen molar-refractivity contribution >= 4 is 39.5 Å². The largest absolute Gasteiger partial charge is 0.472 e. The highest BCUT2D eigenvalue weighted by molar-refractivity contribution is 7.47. The minimum absolute atomic E-state index is 0.101. The van der Waals surface area contributed by atoms with Crippen LogP contribution in [0, 0.1) is 0 Å². The van der Waals surface area contributed by atoms with Crippen molar-refractivity contribution in [2.75, 3.05) is 39.6 Å². The van der Waals surface area contributed by atoms with E-state index in [2.05, 4.69) is 52.0 Å². The molecule has 89 heavy (non-hydrogen) atoms. The van der Waals surface area contributed by atoms with Crippen molar-refractivity contribution in [3.8, 4) is 0 Å². The second-order valence-corrected chi connectivity index (χ2v) is 27.5. The second kappa shape index (κ2) is 64.3. The van der Waals surface area contributed by atoms with Crippen LogP contribution in [0.15, 0.2) is 24.3 Å². The van der Waals surface area contributed by atoms with Gasteiger partial charge in [0.1, 0.15) is 19.3 Å². The molecule has 0 spiro atoms. The summed E-state index contributed by atoms with van der Waals surface area (Å²) in [5.74, 6) is -2.17. The predicted octanol–water partition coefficient (Wildman–Crippen LogP) is 19.8. The van der Waals surface area contributed by atoms with Crippen LogP contribution in [-0.2, 0) is 65.4 Å². The topological polar surface area (TPSA) is 237 Å². The summed E-state index contributed by atoms with van der Waals surface area (Å²) < 4.78 is 67.8. The van der Waals surface area contributed by atoms with Gasteiger partial charge in [-0.2, -0.15) is 0 Å². The number of aliphatic hydroxyl groups is 1. The number of hydrogen-bond donors (Lipinski definition) is 3. The van der Waals surface area contributed by atoms with Gasteiger partial charge >= 0.3 is 39.5 Å². The maximum absolute atomic E-state index is 13.0. The minimum atomic E-state index is -4.95. The van der Waals surface area contributed by atoms with E-state index < -0.39 is 97.5 Å². The van der Waals surface area contributed by atoms with E-state index in [0.717, 1.165) is 128 Å². The molecule has 5 atom stereocenters. The van der Waals surface area contributed by atoms with E-state index in [0.29, 0.717) is 25.7 Å². The third-order valence-corrected chi connectivity index (χ3v) is 17.6. The highest BCUT2D eigenvalue weighted by Gasteiger charge is 2.30. The van der Waals surface area contributed by atoms with Gasteiger partial charge in [0.2, 0.25) is 0 Å². The summed E-state index contributed by atoms with van der Waals surface area (Å²) in [5, 5.41) is 10.5. The Morgan fingerprint density at radius 3 is 0.820 bits per heavy atom. The van der Waals surface area contributed by atoms with Crippen LogP contribution >= 0.6 is 15.6 Å². The molecule has 0 aromatic rings. The highest BCUT2D eigenvalue weighted by Crippen LogP contribution is 2.45. The number of ether oxygens (including phenoxy) is 4. The molecule has 19 heteroatoms. The van der Waals surface area contributed by atoms with E-state index in [1.165, 1.54) is 135 Å². The number of phosphoric ester groups is 2. The van der Waals surface area contributed by atoms with Gasteiger partial charge in [-0.15, -0.1) is 0 Å². The van der Waals surface area contributed by atoms with Gasteiger partial charge < -0.3 is 33.8 Å². The number of allylic oxidation sites excluding steroid dienone is 4. The van der Waals surface area contributed by atoms with Crippen LogP contribution in [0.4, 0.5) is 0 Å². The normalized spacial score (nSPS) is 14.2. The van der Waals surface area contributed by atoms with Crippen molar-refractivity contribution in [2.24, 2.45) is 0 Å². The van der Waals surface area contributed by atoms with E-state index in [1.807, 2.05) is 0 Å². The number of carbonyl (C=O) groups excluding carboxylic acids is 4. The molecule has 0 aromatic heterocycles. The minimum Gasteiger partial charge on any atom is -0.462 e. The molecule has 0 radical (unpaired) electrons. The van der Waals surface area contributed by atoms with Crippen LogP contribution in [0.2, 0.25) is 0 Å². The summed E-state index contributed by atoms with van der Waals surface area (Å²) in [6.07, 6.45) is 55.7. The highest BCUT2D eigenvalue weighted by atomic mass is 31.2. The summed E-state index contributed by atoms with van der Waals surface area (Å²) in [7, 11) is -9.89. The Bertz CT molecular complexity index is 1800. The first-order chi connectivity index (χ1) is 43.2. The smallest absolute Gasteiger partial charge is 0.462 e. The van der Waals surface area contributed by atoms with Crippen LogP contribution in [0.5, 0.6) is 0 Å². The lowest BCUT2D eigenvalue weighted by Crippen LogP contribution is -2.30. The molecule has 2 unspecified atom stereocenters. The first kappa shape index (κ1) is 86.5. The van der Waals surface area contributed by atoms with Gasteiger partial charge in [0.05, 0.1) is 26.4 Å². The predicted molar refractivity (Wildman–Crippen MR) is 358 cm³/mol. The number of carbonyl (C=O) groups is 4. The number of unbranched alkanes of at least 4 members (excludes halogenated alkanes) is 40. The first-order valence-electron chi connectivity index (χ1n) is 36.1. The van der Waals surface area contributed by atoms with Gasteiger partial charge in [0, 0.05) is 25.7 Å². The van der Waals surface area contributed by atoms with Crippen molar-refractivity contribution in [3.05, 3.63) is 24.3 Å². The molecule has 3 N–H and O–H groups in total. The molecule has 0 aliphatic heterocycles. The Labute approximate surface area is 542 Å². The van der Waals surface area contributed by atoms with Crippen LogP contribution in [0.3, 0.4) is 0 Å². The van der Waals surface area contributed by atoms with Crippen molar-refractivity contribution in [1.82, 2.24) is 0 Å². The zero-order valence-electron chi connectivity index (χ0n) is 56.9. The van der Waals surface area contributed by atoms with E-state index >= 15 is 0 Å². The van der Waals surface area contributed by atoms with E-state index in [9.17, 15) is 43.2 Å². The monoisotopic (exact) mass is 1310 g/mol. The number of hydrogen-bond acceptors (Lipinski definition) is 15. The lowest BCUT2D eigenvalue weighted by Gasteiger charge is -2.21. The third-order valence-electron chi connectivity index (χ3n) is 15.7. The standard InChI is InChI=1S/C70H132O17P2/c1-5-9-13-17-20-22-24-26-28-29-30-31-32-33-34-36-38-40-42-45-49-53-57-70(75)87-66(61-81-68(73)55-51-47-44-41-39-37-35-27-25-23-21-18-14-10-6-2)63-85-89(78,79)83-59-64(71)58-82-88(76,77)84-62-65(60-80-67(72)54-50-46-16-12-8-4)86-69(74)56-52-48-43-19-15-11-7-3/h23,25,27,35,64-66,71H,5-22,24,26,28-34,36-63H2,1-4H3,(H,76,77)(H,78,79)/b25-23-,35-27-/t64-,65+,66+/m0/s1. The molecule has 0 saturated heterocycles. The van der Waals surface area contributed by atoms with Crippen LogP contribution in [-0.4, -0.2) is 96.7 Å². The van der Waals surface area contributed by atoms with E-state index in [4.69, 9.17) is 37.0 Å². The van der Waals surface area contributed by atoms with E-state index in [-0.39, 0.29) is 25.7 Å². The molecule has 0 bridgehead atoms. The average molecular weight is 1310 g/mol. The molecule has 0 amide bonds. The lowest BCUT2D eigenvalue weighted by molar-refractivity contribution is -0.161. The molecule has 0 aliphatic carbocycles. The fraction of sp³-hybridized carbons (Fsp3) is 0.886. The van der Waals surface area contributed by atoms with Crippen LogP contribution in [0.25, 0.3) is 0 Å². The molecule has 524 valence electrons. The quantitative estimate of drug-likeness (QED) is 0.0169. The van der Waals surface area contributed by atoms with Crippen molar-refractivity contribution in [3.63, 3.8) is 0 Å². The van der Waals surface area contributed by atoms with Gasteiger partial charge in [-0.1, -0.05) is 290 Å². The summed E-state index contributed by atoms with van der Waals surface area (Å²) in [6, 6.07) is 0. The summed E-state index contributed by atoms with van der Waals surface area (Å²) >= 11 is 0. The Morgan fingerprint density at radius 2 is 0.539 bits per heavy atom. The SMILES string of the molecule is CCCCCC/C=C\C=C/CCCCCCCC(=O)OC[C@H](COP(=O)(O)OC[C@@H](O)COP(=O)(O)OC[C@@H](COC(=O)CCCCCCC)OC(=O)CCCCCCCCC)OC(=O)CCCCCCCCCCCCCCCCCCCCCCCC. The molecular weight excluding hydrogens is 1170 g/mol. The molecule has 0 rings (SSSR count). The molecule has 0 aromatic carbocycles. The first-order valence-corrected chi connectivity index (χ1v) is 39.1. The van der Waals surface area contributed by atoms with Crippen molar-refractivity contribution in [1.29, 1.82) is 0 Å². The Kier molecular flexibility index (Phi) is 62.5. The van der Waals surface area contributed by atoms with Gasteiger partial charge in [-0.05, 0) is 51.4 Å². The summed E-state index contributed by atoms with van der Waals surface area (Å²) in [4.78, 5) is 72.0. The van der Waals surface area contributed by atoms with Gasteiger partial charge in [0.25, 0.3) is 0 Å². The number of rotatable bonds is 69. The molecule has 0 heterocycles. The average Bonchev–Trinajstić information content (AvgIpc) is 3.52. The van der Waals surface area contributed by atoms with Crippen LogP contribution < -0.4 is 0 Å². The number of esters is 4. The fourth-order valence-electron chi connectivity index (χ4n) is 10.2.